The van der Waals surface area contributed by atoms with E-state index < -0.39 is 0 Å². The maximum Gasteiger partial charge on any atom is 0.0402 e. The fourth-order valence-electron chi connectivity index (χ4n) is 1.68. The van der Waals surface area contributed by atoms with Gasteiger partial charge in [-0.3, -0.25) is 0 Å². The van der Waals surface area contributed by atoms with E-state index in [1.165, 1.54) is 25.7 Å². The molecule has 58 valence electrons. The number of aliphatic hydroxyl groups is 1. The molecule has 2 bridgehead atoms. The molecule has 1 atom stereocenters. The molecule has 0 heterocycles. The van der Waals surface area contributed by atoms with E-state index in [0.29, 0.717) is 0 Å². The van der Waals surface area contributed by atoms with Crippen LogP contribution in [-0.4, -0.2) is 11.7 Å². The highest BCUT2D eigenvalue weighted by Gasteiger charge is 2.22. The number of allylic oxidation sites excluding steroid dienone is 2. The van der Waals surface area contributed by atoms with Gasteiger partial charge in [0.15, 0.2) is 0 Å². The highest BCUT2D eigenvalue weighted by molar-refractivity contribution is 5.15. The van der Waals surface area contributed by atoms with E-state index in [2.05, 4.69) is 6.08 Å². The SMILES string of the molecule is C1=C2CCC(C1)C2.CCO. The lowest BCUT2D eigenvalue weighted by atomic mass is 10.1. The minimum Gasteiger partial charge on any atom is -0.397 e. The minimum absolute atomic E-state index is 0.250. The van der Waals surface area contributed by atoms with Crippen molar-refractivity contribution in [3.63, 3.8) is 0 Å². The van der Waals surface area contributed by atoms with Gasteiger partial charge in [0.05, 0.1) is 0 Å². The molecular weight excluding hydrogens is 124 g/mol. The van der Waals surface area contributed by atoms with Crippen molar-refractivity contribution in [2.75, 3.05) is 6.61 Å². The van der Waals surface area contributed by atoms with Crippen molar-refractivity contribution in [2.24, 2.45) is 5.92 Å². The minimum atomic E-state index is 0.250. The summed E-state index contributed by atoms with van der Waals surface area (Å²) in [5, 5.41) is 7.57. The molecule has 1 unspecified atom stereocenters. The molecule has 0 aromatic carbocycles. The molecule has 1 fully saturated rings. The molecular formula is C9H16O. The summed E-state index contributed by atoms with van der Waals surface area (Å²) in [6, 6.07) is 0. The molecule has 1 heteroatoms. The Labute approximate surface area is 62.8 Å². The Morgan fingerprint density at radius 3 is 2.50 bits per heavy atom. The summed E-state index contributed by atoms with van der Waals surface area (Å²) < 4.78 is 0. The third-order valence-electron chi connectivity index (χ3n) is 2.16. The Morgan fingerprint density at radius 2 is 2.40 bits per heavy atom. The summed E-state index contributed by atoms with van der Waals surface area (Å²) in [7, 11) is 0. The van der Waals surface area contributed by atoms with E-state index in [9.17, 15) is 0 Å². The van der Waals surface area contributed by atoms with Gasteiger partial charge >= 0.3 is 0 Å². The monoisotopic (exact) mass is 140 g/mol. The maximum atomic E-state index is 7.57. The standard InChI is InChI=1S/C7H10.C2H6O/c1-2-7-4-3-6(1)5-7;1-2-3/h1,7H,2-5H2;3H,2H2,1H3. The molecule has 10 heavy (non-hydrogen) atoms. The van der Waals surface area contributed by atoms with Crippen LogP contribution in [-0.2, 0) is 0 Å². The summed E-state index contributed by atoms with van der Waals surface area (Å²) in [5.41, 5.74) is 1.74. The Kier molecular flexibility index (Phi) is 2.94. The molecule has 0 aromatic rings. The Bertz CT molecular complexity index is 127. The second-order valence-electron chi connectivity index (χ2n) is 3.02. The van der Waals surface area contributed by atoms with Crippen molar-refractivity contribution in [1.29, 1.82) is 0 Å². The lowest BCUT2D eigenvalue weighted by molar-refractivity contribution is 0.318. The van der Waals surface area contributed by atoms with Gasteiger partial charge in [0.1, 0.15) is 0 Å². The molecule has 0 amide bonds. The topological polar surface area (TPSA) is 20.2 Å². The van der Waals surface area contributed by atoms with Gasteiger partial charge in [0, 0.05) is 6.61 Å². The number of aliphatic hydroxyl groups excluding tert-OH is 1. The molecule has 2 aliphatic carbocycles. The lowest BCUT2D eigenvalue weighted by Gasteiger charge is -1.98. The molecule has 2 aliphatic rings. The van der Waals surface area contributed by atoms with Gasteiger partial charge in [0.25, 0.3) is 0 Å². The largest absolute Gasteiger partial charge is 0.397 e. The molecule has 0 aromatic heterocycles. The summed E-state index contributed by atoms with van der Waals surface area (Å²) >= 11 is 0. The first kappa shape index (κ1) is 7.80. The van der Waals surface area contributed by atoms with Crippen molar-refractivity contribution in [3.8, 4) is 0 Å². The van der Waals surface area contributed by atoms with Crippen molar-refractivity contribution >= 4 is 0 Å². The van der Waals surface area contributed by atoms with Gasteiger partial charge in [-0.25, -0.2) is 0 Å². The van der Waals surface area contributed by atoms with Crippen LogP contribution in [0.2, 0.25) is 0 Å². The van der Waals surface area contributed by atoms with E-state index in [4.69, 9.17) is 5.11 Å². The maximum absolute atomic E-state index is 7.57. The van der Waals surface area contributed by atoms with Crippen molar-refractivity contribution in [2.45, 2.75) is 32.6 Å². The van der Waals surface area contributed by atoms with Gasteiger partial charge in [0.2, 0.25) is 0 Å². The first-order valence-corrected chi connectivity index (χ1v) is 4.15. The highest BCUT2D eigenvalue weighted by atomic mass is 16.2. The smallest absolute Gasteiger partial charge is 0.0402 e. The van der Waals surface area contributed by atoms with Crippen LogP contribution in [0, 0.1) is 5.92 Å². The normalized spacial score (nSPS) is 27.4. The number of hydrogen-bond acceptors (Lipinski definition) is 1. The molecule has 2 rings (SSSR count). The van der Waals surface area contributed by atoms with E-state index in [0.717, 1.165) is 5.92 Å². The van der Waals surface area contributed by atoms with E-state index in [1.807, 2.05) is 0 Å². The van der Waals surface area contributed by atoms with Gasteiger partial charge in [-0.05, 0) is 38.5 Å². The van der Waals surface area contributed by atoms with Crippen molar-refractivity contribution in [1.82, 2.24) is 0 Å². The van der Waals surface area contributed by atoms with Crippen molar-refractivity contribution < 1.29 is 5.11 Å². The zero-order chi connectivity index (χ0) is 7.40. The molecule has 1 N–H and O–H groups in total. The van der Waals surface area contributed by atoms with Crippen LogP contribution in [0.25, 0.3) is 0 Å². The number of hydrogen-bond donors (Lipinski definition) is 1. The quantitative estimate of drug-likeness (QED) is 0.511. The summed E-state index contributed by atoms with van der Waals surface area (Å²) in [5.74, 6) is 1.08. The van der Waals surface area contributed by atoms with Crippen LogP contribution in [0.4, 0.5) is 0 Å². The van der Waals surface area contributed by atoms with Gasteiger partial charge in [-0.1, -0.05) is 11.6 Å². The second-order valence-corrected chi connectivity index (χ2v) is 3.02. The lowest BCUT2D eigenvalue weighted by Crippen LogP contribution is -1.85. The van der Waals surface area contributed by atoms with E-state index in [1.54, 1.807) is 12.5 Å². The van der Waals surface area contributed by atoms with E-state index in [-0.39, 0.29) is 6.61 Å². The first-order valence-electron chi connectivity index (χ1n) is 4.15. The van der Waals surface area contributed by atoms with Crippen LogP contribution in [0.5, 0.6) is 0 Å². The average molecular weight is 140 g/mol. The van der Waals surface area contributed by atoms with Crippen LogP contribution < -0.4 is 0 Å². The molecule has 0 saturated heterocycles. The predicted octanol–water partition coefficient (Wildman–Crippen LogP) is 2.12. The second kappa shape index (κ2) is 3.77. The van der Waals surface area contributed by atoms with Gasteiger partial charge < -0.3 is 5.11 Å². The third-order valence-corrected chi connectivity index (χ3v) is 2.16. The first-order chi connectivity index (χ1) is 4.86. The predicted molar refractivity (Wildman–Crippen MR) is 42.8 cm³/mol. The number of fused-ring (bicyclic) bond motifs is 2. The average Bonchev–Trinajstić information content (AvgIpc) is 2.49. The molecule has 1 saturated carbocycles. The van der Waals surface area contributed by atoms with Crippen LogP contribution in [0.15, 0.2) is 11.6 Å². The summed E-state index contributed by atoms with van der Waals surface area (Å²) in [6.07, 6.45) is 8.18. The highest BCUT2D eigenvalue weighted by Crippen LogP contribution is 2.38. The van der Waals surface area contributed by atoms with Crippen LogP contribution in [0.1, 0.15) is 32.6 Å². The number of rotatable bonds is 0. The molecule has 0 spiro atoms. The van der Waals surface area contributed by atoms with Crippen LogP contribution >= 0.6 is 0 Å². The molecule has 0 aliphatic heterocycles. The Hall–Kier alpha value is -0.300. The van der Waals surface area contributed by atoms with E-state index >= 15 is 0 Å². The zero-order valence-corrected chi connectivity index (χ0v) is 6.64. The molecule has 0 radical (unpaired) electrons. The third kappa shape index (κ3) is 1.84. The Morgan fingerprint density at radius 1 is 1.70 bits per heavy atom. The van der Waals surface area contributed by atoms with Crippen LogP contribution in [0.3, 0.4) is 0 Å². The Balaban J connectivity index is 0.000000148. The summed E-state index contributed by atoms with van der Waals surface area (Å²) in [4.78, 5) is 0. The fourth-order valence-corrected chi connectivity index (χ4v) is 1.68. The molecule has 1 nitrogen and oxygen atoms in total. The fraction of sp³-hybridized carbons (Fsp3) is 0.778. The van der Waals surface area contributed by atoms with Crippen molar-refractivity contribution in [3.05, 3.63) is 11.6 Å². The van der Waals surface area contributed by atoms with Gasteiger partial charge in [-0.2, -0.15) is 0 Å². The summed E-state index contributed by atoms with van der Waals surface area (Å²) in [6.45, 7) is 1.93. The van der Waals surface area contributed by atoms with Gasteiger partial charge in [-0.15, -0.1) is 0 Å². The zero-order valence-electron chi connectivity index (χ0n) is 6.64.